The molecule has 0 saturated heterocycles. The van der Waals surface area contributed by atoms with E-state index in [1.165, 1.54) is 0 Å². The molecule has 10 heavy (non-hydrogen) atoms. The lowest BCUT2D eigenvalue weighted by molar-refractivity contribution is -0.131. The first-order valence-corrected chi connectivity index (χ1v) is 3.68. The van der Waals surface area contributed by atoms with Crippen LogP contribution in [0.5, 0.6) is 0 Å². The predicted molar refractivity (Wildman–Crippen MR) is 36.7 cm³/mol. The zero-order valence-electron chi connectivity index (χ0n) is 5.80. The van der Waals surface area contributed by atoms with Gasteiger partial charge < -0.3 is 4.74 Å². The van der Waals surface area contributed by atoms with Gasteiger partial charge in [0.2, 0.25) is 0 Å². The van der Waals surface area contributed by atoms with Crippen LogP contribution in [0.15, 0.2) is 12.2 Å². The lowest BCUT2D eigenvalue weighted by atomic mass is 10.0. The van der Waals surface area contributed by atoms with Crippen molar-refractivity contribution in [2.45, 2.75) is 24.9 Å². The number of Topliss-reactive ketones (excluding diaryl/α,β-unsaturated/α-hetero) is 1. The second kappa shape index (κ2) is 1.92. The van der Waals surface area contributed by atoms with Gasteiger partial charge in [-0.3, -0.25) is 4.79 Å². The van der Waals surface area contributed by atoms with Gasteiger partial charge in [-0.2, -0.15) is 0 Å². The second-order valence-corrected chi connectivity index (χ2v) is 2.88. The van der Waals surface area contributed by atoms with Gasteiger partial charge in [0.25, 0.3) is 0 Å². The van der Waals surface area contributed by atoms with Gasteiger partial charge in [0, 0.05) is 6.42 Å². The van der Waals surface area contributed by atoms with Crippen molar-refractivity contribution in [3.05, 3.63) is 12.2 Å². The highest BCUT2D eigenvalue weighted by atomic mass is 16.5. The summed E-state index contributed by atoms with van der Waals surface area (Å²) in [5.41, 5.74) is -0.472. The maximum atomic E-state index is 11.2. The summed E-state index contributed by atoms with van der Waals surface area (Å²) in [6, 6.07) is 0. The van der Waals surface area contributed by atoms with Gasteiger partial charge in [-0.15, -0.1) is 0 Å². The Hall–Kier alpha value is -0.630. The summed E-state index contributed by atoms with van der Waals surface area (Å²) in [5, 5.41) is 0. The Bertz CT molecular complexity index is 195. The topological polar surface area (TPSA) is 26.3 Å². The van der Waals surface area contributed by atoms with E-state index in [2.05, 4.69) is 0 Å². The molecule has 0 bridgehead atoms. The molecule has 1 unspecified atom stereocenters. The van der Waals surface area contributed by atoms with Crippen molar-refractivity contribution in [3.8, 4) is 0 Å². The van der Waals surface area contributed by atoms with E-state index in [0.717, 1.165) is 12.8 Å². The molecule has 1 aliphatic carbocycles. The van der Waals surface area contributed by atoms with Gasteiger partial charge in [-0.25, -0.2) is 0 Å². The summed E-state index contributed by atoms with van der Waals surface area (Å²) >= 11 is 0. The highest BCUT2D eigenvalue weighted by Gasteiger charge is 2.42. The molecule has 0 N–H and O–H groups in total. The molecule has 2 aliphatic rings. The van der Waals surface area contributed by atoms with Crippen LogP contribution in [-0.2, 0) is 9.53 Å². The number of rotatable bonds is 0. The van der Waals surface area contributed by atoms with Gasteiger partial charge in [0.15, 0.2) is 5.78 Å². The molecule has 0 amide bonds. The van der Waals surface area contributed by atoms with Gasteiger partial charge in [-0.1, -0.05) is 6.08 Å². The third kappa shape index (κ3) is 0.655. The average molecular weight is 138 g/mol. The molecular weight excluding hydrogens is 128 g/mol. The van der Waals surface area contributed by atoms with E-state index in [1.807, 2.05) is 12.2 Å². The molecule has 0 aromatic heterocycles. The van der Waals surface area contributed by atoms with Crippen molar-refractivity contribution >= 4 is 5.78 Å². The number of carbonyl (C=O) groups is 1. The molecule has 2 rings (SSSR count). The molecule has 1 aliphatic heterocycles. The Morgan fingerprint density at radius 1 is 1.60 bits per heavy atom. The summed E-state index contributed by atoms with van der Waals surface area (Å²) in [5.74, 6) is 0.265. The standard InChI is InChI=1S/C8H10O2/c9-7-3-1-4-8(7)5-2-6-10-8/h2,5H,1,3-4,6H2. The molecule has 0 aromatic carbocycles. The van der Waals surface area contributed by atoms with Crippen LogP contribution in [0.1, 0.15) is 19.3 Å². The highest BCUT2D eigenvalue weighted by molar-refractivity contribution is 5.91. The molecule has 0 aromatic rings. The van der Waals surface area contributed by atoms with Crippen molar-refractivity contribution in [1.82, 2.24) is 0 Å². The average Bonchev–Trinajstić information content (AvgIpc) is 2.48. The number of hydrogen-bond donors (Lipinski definition) is 0. The van der Waals surface area contributed by atoms with E-state index >= 15 is 0 Å². The number of carbonyl (C=O) groups excluding carboxylic acids is 1. The fraction of sp³-hybridized carbons (Fsp3) is 0.625. The minimum atomic E-state index is -0.472. The van der Waals surface area contributed by atoms with Crippen molar-refractivity contribution < 1.29 is 9.53 Å². The Morgan fingerprint density at radius 3 is 3.00 bits per heavy atom. The summed E-state index contributed by atoms with van der Waals surface area (Å²) in [4.78, 5) is 11.2. The minimum absolute atomic E-state index is 0.265. The lowest BCUT2D eigenvalue weighted by Gasteiger charge is -2.17. The predicted octanol–water partition coefficient (Wildman–Crippen LogP) is 1.06. The lowest BCUT2D eigenvalue weighted by Crippen LogP contribution is -2.31. The van der Waals surface area contributed by atoms with Crippen molar-refractivity contribution in [2.75, 3.05) is 6.61 Å². The summed E-state index contributed by atoms with van der Waals surface area (Å²) in [6.07, 6.45) is 6.43. The van der Waals surface area contributed by atoms with Gasteiger partial charge in [0.1, 0.15) is 5.60 Å². The van der Waals surface area contributed by atoms with Crippen LogP contribution in [0.4, 0.5) is 0 Å². The second-order valence-electron chi connectivity index (χ2n) is 2.88. The quantitative estimate of drug-likeness (QED) is 0.468. The Labute approximate surface area is 59.9 Å². The molecule has 1 fully saturated rings. The fourth-order valence-corrected chi connectivity index (χ4v) is 1.67. The van der Waals surface area contributed by atoms with E-state index in [4.69, 9.17) is 4.74 Å². The Balaban J connectivity index is 2.28. The SMILES string of the molecule is O=C1CCCC12C=CCO2. The largest absolute Gasteiger partial charge is 0.359 e. The van der Waals surface area contributed by atoms with Gasteiger partial charge >= 0.3 is 0 Å². The van der Waals surface area contributed by atoms with Gasteiger partial charge in [-0.05, 0) is 18.9 Å². The third-order valence-electron chi connectivity index (χ3n) is 2.25. The monoisotopic (exact) mass is 138 g/mol. The molecule has 1 heterocycles. The first kappa shape index (κ1) is 6.10. The normalized spacial score (nSPS) is 38.2. The molecule has 2 nitrogen and oxygen atoms in total. The number of ether oxygens (including phenoxy) is 1. The van der Waals surface area contributed by atoms with Crippen LogP contribution < -0.4 is 0 Å². The highest BCUT2D eigenvalue weighted by Crippen LogP contribution is 2.33. The van der Waals surface area contributed by atoms with Crippen LogP contribution in [0.25, 0.3) is 0 Å². The maximum Gasteiger partial charge on any atom is 0.168 e. The van der Waals surface area contributed by atoms with Gasteiger partial charge in [0.05, 0.1) is 6.61 Å². The molecular formula is C8H10O2. The van der Waals surface area contributed by atoms with E-state index in [-0.39, 0.29) is 5.78 Å². The Morgan fingerprint density at radius 2 is 2.50 bits per heavy atom. The summed E-state index contributed by atoms with van der Waals surface area (Å²) in [6.45, 7) is 0.617. The maximum absolute atomic E-state index is 11.2. The summed E-state index contributed by atoms with van der Waals surface area (Å²) in [7, 11) is 0. The third-order valence-corrected chi connectivity index (χ3v) is 2.25. The van der Waals surface area contributed by atoms with Crippen molar-refractivity contribution in [3.63, 3.8) is 0 Å². The molecule has 2 heteroatoms. The number of ketones is 1. The minimum Gasteiger partial charge on any atom is -0.359 e. The smallest absolute Gasteiger partial charge is 0.168 e. The molecule has 0 radical (unpaired) electrons. The first-order chi connectivity index (χ1) is 4.83. The summed E-state index contributed by atoms with van der Waals surface area (Å²) < 4.78 is 5.35. The fourth-order valence-electron chi connectivity index (χ4n) is 1.67. The zero-order chi connectivity index (χ0) is 7.03. The van der Waals surface area contributed by atoms with E-state index in [1.54, 1.807) is 0 Å². The van der Waals surface area contributed by atoms with E-state index in [9.17, 15) is 4.79 Å². The van der Waals surface area contributed by atoms with Crippen molar-refractivity contribution in [2.24, 2.45) is 0 Å². The van der Waals surface area contributed by atoms with Crippen molar-refractivity contribution in [1.29, 1.82) is 0 Å². The van der Waals surface area contributed by atoms with Crippen LogP contribution in [0.3, 0.4) is 0 Å². The van der Waals surface area contributed by atoms with Crippen LogP contribution in [0, 0.1) is 0 Å². The van der Waals surface area contributed by atoms with E-state index in [0.29, 0.717) is 13.0 Å². The Kier molecular flexibility index (Phi) is 1.17. The molecule has 1 saturated carbocycles. The van der Waals surface area contributed by atoms with Crippen LogP contribution in [0.2, 0.25) is 0 Å². The molecule has 1 atom stereocenters. The van der Waals surface area contributed by atoms with Crippen LogP contribution >= 0.6 is 0 Å². The van der Waals surface area contributed by atoms with E-state index < -0.39 is 5.60 Å². The van der Waals surface area contributed by atoms with Crippen LogP contribution in [-0.4, -0.2) is 18.0 Å². The molecule has 54 valence electrons. The zero-order valence-corrected chi connectivity index (χ0v) is 5.80. The molecule has 1 spiro atoms. The first-order valence-electron chi connectivity index (χ1n) is 3.68. The number of hydrogen-bond acceptors (Lipinski definition) is 2.